The lowest BCUT2D eigenvalue weighted by Gasteiger charge is -2.33. The van der Waals surface area contributed by atoms with Gasteiger partial charge in [0.25, 0.3) is 11.6 Å². The standard InChI is InChI=1S/C19H18BrN5O3/c20-12-3-4-16(18(8-12)25(27)28)23-13-2-1-7-24(11-13)19(26)15-9-21-10-17-14(15)5-6-22-17/h3-6,8-10,13,22-23H,1-2,7,11H2/t13-/m1/s1. The number of hydrogen-bond donors (Lipinski definition) is 2. The molecule has 8 nitrogen and oxygen atoms in total. The van der Waals surface area contributed by atoms with Crippen molar-refractivity contribution in [2.24, 2.45) is 0 Å². The number of H-pyrrole nitrogens is 1. The summed E-state index contributed by atoms with van der Waals surface area (Å²) in [6, 6.07) is 6.74. The maximum absolute atomic E-state index is 13.1. The van der Waals surface area contributed by atoms with Crippen molar-refractivity contribution in [3.05, 3.63) is 63.0 Å². The predicted octanol–water partition coefficient (Wildman–Crippen LogP) is 3.95. The highest BCUT2D eigenvalue weighted by Crippen LogP contribution is 2.30. The van der Waals surface area contributed by atoms with E-state index in [0.717, 1.165) is 23.7 Å². The molecule has 3 heterocycles. The summed E-state index contributed by atoms with van der Waals surface area (Å²) in [4.78, 5) is 33.0. The molecule has 9 heteroatoms. The first-order valence-corrected chi connectivity index (χ1v) is 9.73. The molecule has 2 aromatic heterocycles. The Hall–Kier alpha value is -2.94. The van der Waals surface area contributed by atoms with Gasteiger partial charge in [0.2, 0.25) is 0 Å². The smallest absolute Gasteiger partial charge is 0.293 e. The first kappa shape index (κ1) is 18.4. The number of piperidine rings is 1. The summed E-state index contributed by atoms with van der Waals surface area (Å²) < 4.78 is 0.650. The molecule has 0 radical (unpaired) electrons. The summed E-state index contributed by atoms with van der Waals surface area (Å²) in [5.74, 6) is -0.0745. The van der Waals surface area contributed by atoms with E-state index in [1.54, 1.807) is 35.6 Å². The molecule has 0 aliphatic carbocycles. The molecule has 28 heavy (non-hydrogen) atoms. The zero-order valence-corrected chi connectivity index (χ0v) is 16.5. The van der Waals surface area contributed by atoms with Gasteiger partial charge in [-0.1, -0.05) is 15.9 Å². The van der Waals surface area contributed by atoms with Gasteiger partial charge in [-0.15, -0.1) is 0 Å². The van der Waals surface area contributed by atoms with Gasteiger partial charge in [-0.25, -0.2) is 0 Å². The SMILES string of the molecule is O=C(c1cncc2[nH]ccc12)N1CCC[C@@H](Nc2ccc(Br)cc2[N+](=O)[O-])C1. The van der Waals surface area contributed by atoms with Crippen LogP contribution in [0.1, 0.15) is 23.2 Å². The minimum absolute atomic E-state index is 0.0131. The molecule has 0 bridgehead atoms. The van der Waals surface area contributed by atoms with Gasteiger partial charge in [0, 0.05) is 47.5 Å². The molecule has 1 aromatic carbocycles. The zero-order valence-electron chi connectivity index (χ0n) is 14.9. The van der Waals surface area contributed by atoms with E-state index >= 15 is 0 Å². The van der Waals surface area contributed by atoms with Crippen molar-refractivity contribution >= 4 is 44.1 Å². The van der Waals surface area contributed by atoms with Crippen LogP contribution in [0.15, 0.2) is 47.3 Å². The number of aromatic nitrogens is 2. The number of nitrogens with zero attached hydrogens (tertiary/aromatic N) is 3. The fourth-order valence-corrected chi connectivity index (χ4v) is 3.95. The number of carbonyl (C=O) groups excluding carboxylic acids is 1. The van der Waals surface area contributed by atoms with Crippen LogP contribution in [0, 0.1) is 10.1 Å². The van der Waals surface area contributed by atoms with Gasteiger partial charge < -0.3 is 15.2 Å². The van der Waals surface area contributed by atoms with Crippen LogP contribution in [0.25, 0.3) is 10.9 Å². The number of likely N-dealkylation sites (tertiary alicyclic amines) is 1. The highest BCUT2D eigenvalue weighted by molar-refractivity contribution is 9.10. The van der Waals surface area contributed by atoms with Gasteiger partial charge >= 0.3 is 0 Å². The molecule has 1 aliphatic heterocycles. The maximum Gasteiger partial charge on any atom is 0.293 e. The number of nitro benzene ring substituents is 1. The summed E-state index contributed by atoms with van der Waals surface area (Å²) >= 11 is 3.27. The van der Waals surface area contributed by atoms with E-state index in [9.17, 15) is 14.9 Å². The van der Waals surface area contributed by atoms with E-state index in [-0.39, 0.29) is 17.6 Å². The molecule has 0 unspecified atom stereocenters. The minimum atomic E-state index is -0.406. The fourth-order valence-electron chi connectivity index (χ4n) is 3.60. The van der Waals surface area contributed by atoms with Crippen LogP contribution in [0.4, 0.5) is 11.4 Å². The number of halogens is 1. The molecule has 1 amide bonds. The van der Waals surface area contributed by atoms with Gasteiger partial charge in [-0.05, 0) is 31.0 Å². The van der Waals surface area contributed by atoms with Crippen LogP contribution in [0.3, 0.4) is 0 Å². The molecule has 2 N–H and O–H groups in total. The number of hydrogen-bond acceptors (Lipinski definition) is 5. The number of fused-ring (bicyclic) bond motifs is 1. The lowest BCUT2D eigenvalue weighted by molar-refractivity contribution is -0.384. The third-order valence-corrected chi connectivity index (χ3v) is 5.42. The molecule has 0 spiro atoms. The number of pyridine rings is 1. The Morgan fingerprint density at radius 2 is 2.21 bits per heavy atom. The van der Waals surface area contributed by atoms with E-state index in [1.165, 1.54) is 6.07 Å². The Balaban J connectivity index is 1.53. The average Bonchev–Trinajstić information content (AvgIpc) is 3.18. The highest BCUT2D eigenvalue weighted by Gasteiger charge is 2.27. The largest absolute Gasteiger partial charge is 0.375 e. The molecule has 1 aliphatic rings. The molecule has 1 saturated heterocycles. The van der Waals surface area contributed by atoms with Crippen molar-refractivity contribution in [1.82, 2.24) is 14.9 Å². The Labute approximate surface area is 169 Å². The highest BCUT2D eigenvalue weighted by atomic mass is 79.9. The Morgan fingerprint density at radius 1 is 1.36 bits per heavy atom. The molecular weight excluding hydrogens is 426 g/mol. The summed E-state index contributed by atoms with van der Waals surface area (Å²) in [5.41, 5.74) is 1.86. The molecular formula is C19H18BrN5O3. The molecule has 1 fully saturated rings. The second-order valence-electron chi connectivity index (χ2n) is 6.78. The Kier molecular flexibility index (Phi) is 4.99. The Morgan fingerprint density at radius 3 is 3.04 bits per heavy atom. The van der Waals surface area contributed by atoms with E-state index in [2.05, 4.69) is 31.2 Å². The molecule has 4 rings (SSSR count). The van der Waals surface area contributed by atoms with Gasteiger partial charge in [0.15, 0.2) is 0 Å². The average molecular weight is 444 g/mol. The van der Waals surface area contributed by atoms with Gasteiger partial charge in [0.05, 0.1) is 22.2 Å². The summed E-state index contributed by atoms with van der Waals surface area (Å²) in [6.45, 7) is 1.13. The van der Waals surface area contributed by atoms with Gasteiger partial charge in [-0.2, -0.15) is 0 Å². The quantitative estimate of drug-likeness (QED) is 0.469. The molecule has 3 aromatic rings. The summed E-state index contributed by atoms with van der Waals surface area (Å²) in [7, 11) is 0. The van der Waals surface area contributed by atoms with Crippen molar-refractivity contribution in [3.63, 3.8) is 0 Å². The van der Waals surface area contributed by atoms with Crippen LogP contribution in [0.5, 0.6) is 0 Å². The molecule has 0 saturated carbocycles. The summed E-state index contributed by atoms with van der Waals surface area (Å²) in [6.07, 6.45) is 6.73. The zero-order chi connectivity index (χ0) is 19.7. The molecule has 144 valence electrons. The van der Waals surface area contributed by atoms with Crippen LogP contribution >= 0.6 is 15.9 Å². The Bertz CT molecular complexity index is 1050. The van der Waals surface area contributed by atoms with Crippen molar-refractivity contribution in [2.45, 2.75) is 18.9 Å². The number of nitrogens with one attached hydrogen (secondary N) is 2. The van der Waals surface area contributed by atoms with Crippen molar-refractivity contribution in [3.8, 4) is 0 Å². The fraction of sp³-hybridized carbons (Fsp3) is 0.263. The van der Waals surface area contributed by atoms with Gasteiger partial charge in [0.1, 0.15) is 5.69 Å². The number of nitro groups is 1. The molecule has 1 atom stereocenters. The summed E-state index contributed by atoms with van der Waals surface area (Å²) in [5, 5.41) is 15.4. The lowest BCUT2D eigenvalue weighted by atomic mass is 10.0. The number of aromatic amines is 1. The predicted molar refractivity (Wildman–Crippen MR) is 109 cm³/mol. The topological polar surface area (TPSA) is 104 Å². The second kappa shape index (κ2) is 7.59. The van der Waals surface area contributed by atoms with E-state index in [1.807, 2.05) is 6.07 Å². The maximum atomic E-state index is 13.1. The third-order valence-electron chi connectivity index (χ3n) is 4.93. The monoisotopic (exact) mass is 443 g/mol. The number of benzene rings is 1. The first-order valence-electron chi connectivity index (χ1n) is 8.94. The number of amides is 1. The minimum Gasteiger partial charge on any atom is -0.375 e. The van der Waals surface area contributed by atoms with Crippen LogP contribution < -0.4 is 5.32 Å². The first-order chi connectivity index (χ1) is 13.5. The van der Waals surface area contributed by atoms with Crippen molar-refractivity contribution < 1.29 is 9.72 Å². The van der Waals surface area contributed by atoms with E-state index < -0.39 is 4.92 Å². The number of anilines is 1. The van der Waals surface area contributed by atoms with Crippen LogP contribution in [0.2, 0.25) is 0 Å². The van der Waals surface area contributed by atoms with Crippen LogP contribution in [-0.4, -0.2) is 44.8 Å². The third kappa shape index (κ3) is 3.57. The van der Waals surface area contributed by atoms with Crippen molar-refractivity contribution in [1.29, 1.82) is 0 Å². The van der Waals surface area contributed by atoms with E-state index in [0.29, 0.717) is 28.8 Å². The number of carbonyl (C=O) groups is 1. The van der Waals surface area contributed by atoms with E-state index in [4.69, 9.17) is 0 Å². The second-order valence-corrected chi connectivity index (χ2v) is 7.69. The normalized spacial score (nSPS) is 16.9. The lowest BCUT2D eigenvalue weighted by Crippen LogP contribution is -2.45. The van der Waals surface area contributed by atoms with Crippen molar-refractivity contribution in [2.75, 3.05) is 18.4 Å². The van der Waals surface area contributed by atoms with Gasteiger partial charge in [-0.3, -0.25) is 19.9 Å². The number of rotatable bonds is 4. The van der Waals surface area contributed by atoms with Crippen LogP contribution in [-0.2, 0) is 0 Å².